The zero-order valence-corrected chi connectivity index (χ0v) is 8.23. The minimum absolute atomic E-state index is 0.567. The van der Waals surface area contributed by atoms with Gasteiger partial charge >= 0.3 is 0 Å². The van der Waals surface area contributed by atoms with Crippen molar-refractivity contribution in [3.05, 3.63) is 35.8 Å². The lowest BCUT2D eigenvalue weighted by Crippen LogP contribution is -2.00. The number of nitrogen functional groups attached to an aromatic ring is 1. The molecule has 2 heterocycles. The Morgan fingerprint density at radius 3 is 2.71 bits per heavy atom. The van der Waals surface area contributed by atoms with Crippen molar-refractivity contribution >= 4 is 5.82 Å². The Bertz CT molecular complexity index is 459. The van der Waals surface area contributed by atoms with Crippen molar-refractivity contribution < 1.29 is 0 Å². The molecule has 0 aliphatic carbocycles. The largest absolute Gasteiger partial charge is 0.383 e. The molecule has 0 bridgehead atoms. The Labute approximate surface area is 82.4 Å². The van der Waals surface area contributed by atoms with E-state index in [0.717, 1.165) is 16.9 Å². The zero-order valence-electron chi connectivity index (χ0n) is 8.23. The highest BCUT2D eigenvalue weighted by atomic mass is 15.3. The van der Waals surface area contributed by atoms with Crippen LogP contribution in [0.15, 0.2) is 24.5 Å². The van der Waals surface area contributed by atoms with E-state index < -0.39 is 0 Å². The maximum absolute atomic E-state index is 5.63. The van der Waals surface area contributed by atoms with Crippen molar-refractivity contribution in [3.63, 3.8) is 0 Å². The van der Waals surface area contributed by atoms with Gasteiger partial charge in [0.1, 0.15) is 5.82 Å². The van der Waals surface area contributed by atoms with Crippen LogP contribution < -0.4 is 5.73 Å². The van der Waals surface area contributed by atoms with Crippen molar-refractivity contribution in [2.45, 2.75) is 13.8 Å². The molecule has 0 spiro atoms. The SMILES string of the molecule is Cc1ccn(-c2cnc(N)c(C)c2)n1. The number of hydrogen-bond donors (Lipinski definition) is 1. The van der Waals surface area contributed by atoms with Gasteiger partial charge in [0.15, 0.2) is 0 Å². The minimum Gasteiger partial charge on any atom is -0.383 e. The Balaban J connectivity index is 2.47. The monoisotopic (exact) mass is 188 g/mol. The topological polar surface area (TPSA) is 56.7 Å². The molecule has 0 amide bonds. The minimum atomic E-state index is 0.567. The van der Waals surface area contributed by atoms with Gasteiger partial charge in [-0.05, 0) is 31.5 Å². The van der Waals surface area contributed by atoms with Gasteiger partial charge in [-0.1, -0.05) is 0 Å². The lowest BCUT2D eigenvalue weighted by molar-refractivity contribution is 0.856. The predicted octanol–water partition coefficient (Wildman–Crippen LogP) is 1.47. The first-order valence-corrected chi connectivity index (χ1v) is 4.41. The van der Waals surface area contributed by atoms with E-state index in [1.54, 1.807) is 10.9 Å². The molecule has 2 aromatic rings. The van der Waals surface area contributed by atoms with Gasteiger partial charge in [-0.25, -0.2) is 9.67 Å². The fourth-order valence-corrected chi connectivity index (χ4v) is 1.25. The average molecular weight is 188 g/mol. The summed E-state index contributed by atoms with van der Waals surface area (Å²) in [6.45, 7) is 3.89. The van der Waals surface area contributed by atoms with Crippen LogP contribution in [0.4, 0.5) is 5.82 Å². The average Bonchev–Trinajstić information content (AvgIpc) is 2.57. The fraction of sp³-hybridized carbons (Fsp3) is 0.200. The number of aromatic nitrogens is 3. The third kappa shape index (κ3) is 1.46. The van der Waals surface area contributed by atoms with Gasteiger partial charge in [0.05, 0.1) is 17.6 Å². The molecule has 0 aliphatic rings. The second-order valence-electron chi connectivity index (χ2n) is 3.30. The Morgan fingerprint density at radius 1 is 1.36 bits per heavy atom. The Morgan fingerprint density at radius 2 is 2.14 bits per heavy atom. The molecule has 0 aromatic carbocycles. The van der Waals surface area contributed by atoms with Crippen LogP contribution in [0, 0.1) is 13.8 Å². The van der Waals surface area contributed by atoms with E-state index in [9.17, 15) is 0 Å². The summed E-state index contributed by atoms with van der Waals surface area (Å²) in [4.78, 5) is 4.08. The van der Waals surface area contributed by atoms with Crippen LogP contribution in [0.3, 0.4) is 0 Å². The smallest absolute Gasteiger partial charge is 0.126 e. The standard InChI is InChI=1S/C10H12N4/c1-7-5-9(6-12-10(7)11)14-4-3-8(2)13-14/h3-6H,1-2H3,(H2,11,12). The fourth-order valence-electron chi connectivity index (χ4n) is 1.25. The number of aryl methyl sites for hydroxylation is 2. The first-order chi connectivity index (χ1) is 6.66. The number of nitrogens with zero attached hydrogens (tertiary/aromatic N) is 3. The number of nitrogens with two attached hydrogens (primary N) is 1. The predicted molar refractivity (Wildman–Crippen MR) is 55.2 cm³/mol. The maximum Gasteiger partial charge on any atom is 0.126 e. The third-order valence-corrected chi connectivity index (χ3v) is 2.09. The molecule has 0 saturated carbocycles. The van der Waals surface area contributed by atoms with Crippen LogP contribution in [0.2, 0.25) is 0 Å². The van der Waals surface area contributed by atoms with Gasteiger partial charge in [-0.3, -0.25) is 0 Å². The second kappa shape index (κ2) is 3.14. The van der Waals surface area contributed by atoms with Gasteiger partial charge in [0, 0.05) is 6.20 Å². The first-order valence-electron chi connectivity index (χ1n) is 4.41. The number of anilines is 1. The van der Waals surface area contributed by atoms with E-state index in [4.69, 9.17) is 5.73 Å². The van der Waals surface area contributed by atoms with E-state index in [1.807, 2.05) is 32.2 Å². The van der Waals surface area contributed by atoms with Crippen LogP contribution in [0.25, 0.3) is 5.69 Å². The van der Waals surface area contributed by atoms with Crippen molar-refractivity contribution in [1.82, 2.24) is 14.8 Å². The van der Waals surface area contributed by atoms with E-state index in [-0.39, 0.29) is 0 Å². The summed E-state index contributed by atoms with van der Waals surface area (Å²) < 4.78 is 1.79. The number of hydrogen-bond acceptors (Lipinski definition) is 3. The van der Waals surface area contributed by atoms with Crippen LogP contribution in [-0.2, 0) is 0 Å². The molecular formula is C10H12N4. The summed E-state index contributed by atoms with van der Waals surface area (Å²) in [5, 5.41) is 4.29. The van der Waals surface area contributed by atoms with Crippen LogP contribution >= 0.6 is 0 Å². The molecule has 0 aliphatic heterocycles. The summed E-state index contributed by atoms with van der Waals surface area (Å²) in [6, 6.07) is 3.92. The van der Waals surface area contributed by atoms with Crippen molar-refractivity contribution in [2.24, 2.45) is 0 Å². The molecule has 2 rings (SSSR count). The Hall–Kier alpha value is -1.84. The Kier molecular flexibility index (Phi) is 1.96. The van der Waals surface area contributed by atoms with Crippen molar-refractivity contribution in [2.75, 3.05) is 5.73 Å². The second-order valence-corrected chi connectivity index (χ2v) is 3.30. The third-order valence-electron chi connectivity index (χ3n) is 2.09. The molecular weight excluding hydrogens is 176 g/mol. The highest BCUT2D eigenvalue weighted by molar-refractivity contribution is 5.44. The molecule has 4 heteroatoms. The van der Waals surface area contributed by atoms with E-state index in [2.05, 4.69) is 10.1 Å². The lowest BCUT2D eigenvalue weighted by Gasteiger charge is -2.03. The van der Waals surface area contributed by atoms with Crippen molar-refractivity contribution in [3.8, 4) is 5.69 Å². The van der Waals surface area contributed by atoms with E-state index in [0.29, 0.717) is 5.82 Å². The molecule has 0 fully saturated rings. The quantitative estimate of drug-likeness (QED) is 0.737. The molecule has 72 valence electrons. The summed E-state index contributed by atoms with van der Waals surface area (Å²) >= 11 is 0. The summed E-state index contributed by atoms with van der Waals surface area (Å²) in [7, 11) is 0. The van der Waals surface area contributed by atoms with Crippen molar-refractivity contribution in [1.29, 1.82) is 0 Å². The summed E-state index contributed by atoms with van der Waals surface area (Å²) in [6.07, 6.45) is 3.62. The van der Waals surface area contributed by atoms with E-state index in [1.165, 1.54) is 0 Å². The van der Waals surface area contributed by atoms with Crippen LogP contribution in [0.5, 0.6) is 0 Å². The summed E-state index contributed by atoms with van der Waals surface area (Å²) in [5.41, 5.74) is 8.52. The normalized spacial score (nSPS) is 10.4. The van der Waals surface area contributed by atoms with Gasteiger partial charge in [0.25, 0.3) is 0 Å². The lowest BCUT2D eigenvalue weighted by atomic mass is 10.3. The van der Waals surface area contributed by atoms with Gasteiger partial charge in [0.2, 0.25) is 0 Å². The molecule has 14 heavy (non-hydrogen) atoms. The molecule has 0 unspecified atom stereocenters. The van der Waals surface area contributed by atoms with Crippen LogP contribution in [0.1, 0.15) is 11.3 Å². The maximum atomic E-state index is 5.63. The van der Waals surface area contributed by atoms with Crippen LogP contribution in [-0.4, -0.2) is 14.8 Å². The van der Waals surface area contributed by atoms with E-state index >= 15 is 0 Å². The molecule has 0 saturated heterocycles. The highest BCUT2D eigenvalue weighted by Crippen LogP contribution is 2.12. The number of pyridine rings is 1. The molecule has 0 atom stereocenters. The molecule has 0 radical (unpaired) electrons. The molecule has 4 nitrogen and oxygen atoms in total. The summed E-state index contributed by atoms with van der Waals surface area (Å²) in [5.74, 6) is 0.567. The first kappa shape index (κ1) is 8.74. The van der Waals surface area contributed by atoms with Gasteiger partial charge in [-0.15, -0.1) is 0 Å². The molecule has 2 aromatic heterocycles. The highest BCUT2D eigenvalue weighted by Gasteiger charge is 2.01. The van der Waals surface area contributed by atoms with Gasteiger partial charge in [-0.2, -0.15) is 5.10 Å². The zero-order chi connectivity index (χ0) is 10.1. The molecule has 2 N–H and O–H groups in total. The number of rotatable bonds is 1. The van der Waals surface area contributed by atoms with Gasteiger partial charge < -0.3 is 5.73 Å².